The first-order valence-electron chi connectivity index (χ1n) is 8.50. The third-order valence-electron chi connectivity index (χ3n) is 4.37. The fourth-order valence-corrected chi connectivity index (χ4v) is 3.30. The molecule has 0 saturated carbocycles. The van der Waals surface area contributed by atoms with Crippen molar-refractivity contribution in [1.82, 2.24) is 0 Å². The van der Waals surface area contributed by atoms with Gasteiger partial charge in [0.15, 0.2) is 0 Å². The lowest BCUT2D eigenvalue weighted by molar-refractivity contribution is 0.105. The zero-order valence-corrected chi connectivity index (χ0v) is 14.4. The van der Waals surface area contributed by atoms with E-state index < -0.39 is 6.16 Å². The maximum Gasteiger partial charge on any atom is 0.513 e. The average molecular weight is 322 g/mol. The van der Waals surface area contributed by atoms with E-state index >= 15 is 0 Å². The molecule has 0 spiro atoms. The largest absolute Gasteiger partial charge is 0.513 e. The van der Waals surface area contributed by atoms with Gasteiger partial charge in [-0.05, 0) is 47.7 Å². The molecule has 0 amide bonds. The third-order valence-corrected chi connectivity index (χ3v) is 4.37. The quantitative estimate of drug-likeness (QED) is 0.353. The Balaban J connectivity index is 2.37. The first-order chi connectivity index (χ1) is 11.7. The van der Waals surface area contributed by atoms with Crippen molar-refractivity contribution in [2.45, 2.75) is 33.6 Å². The van der Waals surface area contributed by atoms with Crippen LogP contribution in [0.3, 0.4) is 0 Å². The van der Waals surface area contributed by atoms with Gasteiger partial charge in [0.25, 0.3) is 0 Å². The van der Waals surface area contributed by atoms with Crippen molar-refractivity contribution >= 4 is 27.7 Å². The number of hydrogen-bond acceptors (Lipinski definition) is 3. The molecule has 0 atom stereocenters. The van der Waals surface area contributed by atoms with E-state index in [1.165, 1.54) is 11.1 Å². The molecule has 3 rings (SSSR count). The minimum absolute atomic E-state index is 0.294. The lowest BCUT2D eigenvalue weighted by atomic mass is 9.92. The third kappa shape index (κ3) is 2.82. The van der Waals surface area contributed by atoms with E-state index in [-0.39, 0.29) is 0 Å². The fraction of sp³-hybridized carbons (Fsp3) is 0.286. The molecule has 0 aliphatic rings. The Bertz CT molecular complexity index is 896. The van der Waals surface area contributed by atoms with E-state index in [9.17, 15) is 4.79 Å². The molecule has 0 aliphatic carbocycles. The highest BCUT2D eigenvalue weighted by Gasteiger charge is 2.17. The standard InChI is InChI=1S/C21H22O3/c1-4-14-11-12-16-13-15-9-7-8-10-18(15)20(19(16)17(14)5-2)24-21(22)23-6-3/h7-13H,4-6H2,1-3H3. The Morgan fingerprint density at radius 3 is 2.46 bits per heavy atom. The molecule has 0 heterocycles. The Morgan fingerprint density at radius 1 is 0.958 bits per heavy atom. The van der Waals surface area contributed by atoms with Gasteiger partial charge in [-0.2, -0.15) is 0 Å². The van der Waals surface area contributed by atoms with Crippen LogP contribution in [-0.4, -0.2) is 12.8 Å². The molecule has 0 aliphatic heterocycles. The lowest BCUT2D eigenvalue weighted by Crippen LogP contribution is -2.11. The first kappa shape index (κ1) is 16.3. The second kappa shape index (κ2) is 6.91. The molecular weight excluding hydrogens is 300 g/mol. The molecule has 3 nitrogen and oxygen atoms in total. The maximum atomic E-state index is 12.0. The molecule has 0 unspecified atom stereocenters. The summed E-state index contributed by atoms with van der Waals surface area (Å²) < 4.78 is 10.7. The van der Waals surface area contributed by atoms with Crippen LogP contribution in [0.4, 0.5) is 4.79 Å². The van der Waals surface area contributed by atoms with E-state index in [2.05, 4.69) is 32.0 Å². The van der Waals surface area contributed by atoms with E-state index in [0.29, 0.717) is 12.4 Å². The number of aryl methyl sites for hydroxylation is 2. The van der Waals surface area contributed by atoms with Crippen molar-refractivity contribution < 1.29 is 14.3 Å². The van der Waals surface area contributed by atoms with Crippen molar-refractivity contribution in [1.29, 1.82) is 0 Å². The van der Waals surface area contributed by atoms with Crippen LogP contribution in [0.5, 0.6) is 5.75 Å². The van der Waals surface area contributed by atoms with Gasteiger partial charge in [0, 0.05) is 10.8 Å². The lowest BCUT2D eigenvalue weighted by Gasteiger charge is -2.16. The number of ether oxygens (including phenoxy) is 2. The second-order valence-electron chi connectivity index (χ2n) is 5.72. The van der Waals surface area contributed by atoms with Crippen LogP contribution >= 0.6 is 0 Å². The van der Waals surface area contributed by atoms with Crippen LogP contribution in [0.15, 0.2) is 42.5 Å². The van der Waals surface area contributed by atoms with Crippen LogP contribution in [0.25, 0.3) is 21.5 Å². The molecule has 0 radical (unpaired) electrons. The molecular formula is C21H22O3. The number of carbonyl (C=O) groups excluding carboxylic acids is 1. The Morgan fingerprint density at radius 2 is 1.75 bits per heavy atom. The normalized spacial score (nSPS) is 11.0. The average Bonchev–Trinajstić information content (AvgIpc) is 2.60. The maximum absolute atomic E-state index is 12.0. The Kier molecular flexibility index (Phi) is 4.70. The van der Waals surface area contributed by atoms with Gasteiger partial charge in [-0.25, -0.2) is 4.79 Å². The van der Waals surface area contributed by atoms with Gasteiger partial charge in [0.2, 0.25) is 0 Å². The van der Waals surface area contributed by atoms with Crippen molar-refractivity contribution in [3.8, 4) is 5.75 Å². The molecule has 124 valence electrons. The summed E-state index contributed by atoms with van der Waals surface area (Å²) in [6, 6.07) is 14.4. The molecule has 3 heteroatoms. The van der Waals surface area contributed by atoms with Gasteiger partial charge >= 0.3 is 6.16 Å². The predicted molar refractivity (Wildman–Crippen MR) is 97.9 cm³/mol. The van der Waals surface area contributed by atoms with Gasteiger partial charge in [0.05, 0.1) is 6.61 Å². The first-order valence-corrected chi connectivity index (χ1v) is 8.50. The van der Waals surface area contributed by atoms with Gasteiger partial charge in [-0.15, -0.1) is 0 Å². The summed E-state index contributed by atoms with van der Waals surface area (Å²) in [6.07, 6.45) is 1.18. The summed E-state index contributed by atoms with van der Waals surface area (Å²) in [7, 11) is 0. The summed E-state index contributed by atoms with van der Waals surface area (Å²) in [6.45, 7) is 6.35. The minimum Gasteiger partial charge on any atom is -0.434 e. The predicted octanol–water partition coefficient (Wildman–Crippen LogP) is 5.65. The monoisotopic (exact) mass is 322 g/mol. The number of carbonyl (C=O) groups is 1. The zero-order valence-electron chi connectivity index (χ0n) is 14.4. The van der Waals surface area contributed by atoms with Crippen molar-refractivity contribution in [3.05, 3.63) is 53.6 Å². The molecule has 0 aromatic heterocycles. The highest BCUT2D eigenvalue weighted by Crippen LogP contribution is 2.38. The van der Waals surface area contributed by atoms with E-state index in [1.54, 1.807) is 6.92 Å². The molecule has 24 heavy (non-hydrogen) atoms. The molecule has 0 fully saturated rings. The fourth-order valence-electron chi connectivity index (χ4n) is 3.30. The van der Waals surface area contributed by atoms with E-state index in [1.807, 2.05) is 24.3 Å². The number of fused-ring (bicyclic) bond motifs is 2. The van der Waals surface area contributed by atoms with Gasteiger partial charge in [-0.1, -0.05) is 50.2 Å². The highest BCUT2D eigenvalue weighted by molar-refractivity contribution is 6.07. The molecule has 3 aromatic rings. The second-order valence-corrected chi connectivity index (χ2v) is 5.72. The number of hydrogen-bond donors (Lipinski definition) is 0. The van der Waals surface area contributed by atoms with E-state index in [0.717, 1.165) is 34.4 Å². The summed E-state index contributed by atoms with van der Waals surface area (Å²) in [5.74, 6) is 0.605. The van der Waals surface area contributed by atoms with Crippen LogP contribution in [-0.2, 0) is 17.6 Å². The van der Waals surface area contributed by atoms with Crippen LogP contribution in [0, 0.1) is 0 Å². The van der Waals surface area contributed by atoms with Gasteiger partial charge < -0.3 is 9.47 Å². The smallest absolute Gasteiger partial charge is 0.434 e. The van der Waals surface area contributed by atoms with Crippen LogP contribution in [0.2, 0.25) is 0 Å². The van der Waals surface area contributed by atoms with Gasteiger partial charge in [0.1, 0.15) is 5.75 Å². The van der Waals surface area contributed by atoms with E-state index in [4.69, 9.17) is 9.47 Å². The zero-order chi connectivity index (χ0) is 17.1. The molecule has 0 N–H and O–H groups in total. The SMILES string of the molecule is CCOC(=O)Oc1c2ccccc2cc2ccc(CC)c(CC)c12. The van der Waals surface area contributed by atoms with Crippen molar-refractivity contribution in [2.24, 2.45) is 0 Å². The van der Waals surface area contributed by atoms with Crippen molar-refractivity contribution in [3.63, 3.8) is 0 Å². The Hall–Kier alpha value is -2.55. The van der Waals surface area contributed by atoms with Crippen LogP contribution < -0.4 is 4.74 Å². The minimum atomic E-state index is -0.654. The number of rotatable bonds is 4. The summed E-state index contributed by atoms with van der Waals surface area (Å²) in [5, 5.41) is 4.09. The summed E-state index contributed by atoms with van der Waals surface area (Å²) in [5.41, 5.74) is 2.52. The number of benzene rings is 3. The Labute approximate surface area is 142 Å². The van der Waals surface area contributed by atoms with Crippen LogP contribution in [0.1, 0.15) is 31.9 Å². The topological polar surface area (TPSA) is 35.5 Å². The van der Waals surface area contributed by atoms with Gasteiger partial charge in [-0.3, -0.25) is 0 Å². The summed E-state index contributed by atoms with van der Waals surface area (Å²) in [4.78, 5) is 12.0. The van der Waals surface area contributed by atoms with Crippen molar-refractivity contribution in [2.75, 3.05) is 6.61 Å². The molecule has 3 aromatic carbocycles. The molecule has 0 saturated heterocycles. The molecule has 0 bridgehead atoms. The summed E-state index contributed by atoms with van der Waals surface area (Å²) >= 11 is 0. The highest BCUT2D eigenvalue weighted by atomic mass is 16.7.